The van der Waals surface area contributed by atoms with Crippen LogP contribution in [0.1, 0.15) is 50.6 Å². The van der Waals surface area contributed by atoms with E-state index >= 15 is 0 Å². The second-order valence-electron chi connectivity index (χ2n) is 7.83. The zero-order valence-corrected chi connectivity index (χ0v) is 18.2. The van der Waals surface area contributed by atoms with E-state index in [9.17, 15) is 0 Å². The molecular weight excluding hydrogens is 334 g/mol. The van der Waals surface area contributed by atoms with Crippen LogP contribution in [0.25, 0.3) is 16.0 Å². The van der Waals surface area contributed by atoms with E-state index < -0.39 is 0 Å². The van der Waals surface area contributed by atoms with Gasteiger partial charge in [-0.2, -0.15) is 0 Å². The lowest BCUT2D eigenvalue weighted by atomic mass is 9.92. The second-order valence-corrected chi connectivity index (χ2v) is 8.85. The Morgan fingerprint density at radius 1 is 1.00 bits per heavy atom. The Kier molecular flexibility index (Phi) is 7.00. The van der Waals surface area contributed by atoms with Crippen LogP contribution in [0.4, 0.5) is 0 Å². The minimum Gasteiger partial charge on any atom is -0.294 e. The van der Waals surface area contributed by atoms with E-state index in [1.807, 2.05) is 11.3 Å². The highest BCUT2D eigenvalue weighted by atomic mass is 32.1. The Labute approximate surface area is 163 Å². The van der Waals surface area contributed by atoms with E-state index in [-0.39, 0.29) is 6.04 Å². The van der Waals surface area contributed by atoms with Crippen molar-refractivity contribution in [2.24, 2.45) is 22.7 Å². The zero-order chi connectivity index (χ0) is 19.4. The predicted octanol–water partition coefficient (Wildman–Crippen LogP) is 7.43. The molecule has 3 atom stereocenters. The summed E-state index contributed by atoms with van der Waals surface area (Å²) < 4.78 is 0. The molecule has 2 aromatic rings. The van der Waals surface area contributed by atoms with Gasteiger partial charge in [0.2, 0.25) is 0 Å². The SMILES string of the molecule is C=C(c1sc(-c2ccccc2)c(C)c1C)C(C)C(C)N=CC(C)C(C)C. The molecule has 3 unspecified atom stereocenters. The molecule has 0 aliphatic rings. The molecule has 0 saturated heterocycles. The summed E-state index contributed by atoms with van der Waals surface area (Å²) in [6.45, 7) is 20.1. The summed E-state index contributed by atoms with van der Waals surface area (Å²) >= 11 is 1.87. The highest BCUT2D eigenvalue weighted by Crippen LogP contribution is 2.41. The smallest absolute Gasteiger partial charge is 0.0533 e. The number of benzene rings is 1. The molecule has 1 aromatic carbocycles. The lowest BCUT2D eigenvalue weighted by Gasteiger charge is -2.20. The largest absolute Gasteiger partial charge is 0.294 e. The van der Waals surface area contributed by atoms with Crippen molar-refractivity contribution in [1.29, 1.82) is 0 Å². The summed E-state index contributed by atoms with van der Waals surface area (Å²) in [7, 11) is 0. The topological polar surface area (TPSA) is 12.4 Å². The van der Waals surface area contributed by atoms with Crippen molar-refractivity contribution in [3.63, 3.8) is 0 Å². The van der Waals surface area contributed by atoms with E-state index in [0.717, 1.165) is 0 Å². The van der Waals surface area contributed by atoms with Gasteiger partial charge in [0.15, 0.2) is 0 Å². The summed E-state index contributed by atoms with van der Waals surface area (Å²) in [5, 5.41) is 0. The molecule has 0 aliphatic carbocycles. The predicted molar refractivity (Wildman–Crippen MR) is 119 cm³/mol. The van der Waals surface area contributed by atoms with E-state index in [2.05, 4.69) is 91.6 Å². The summed E-state index contributed by atoms with van der Waals surface area (Å²) in [5.41, 5.74) is 5.23. The first kappa shape index (κ1) is 20.6. The van der Waals surface area contributed by atoms with Crippen LogP contribution in [-0.4, -0.2) is 12.3 Å². The third kappa shape index (κ3) is 4.54. The van der Waals surface area contributed by atoms with Crippen molar-refractivity contribution < 1.29 is 0 Å². The van der Waals surface area contributed by atoms with Crippen LogP contribution in [0.2, 0.25) is 0 Å². The fraction of sp³-hybridized carbons (Fsp3) is 0.458. The monoisotopic (exact) mass is 367 g/mol. The minimum absolute atomic E-state index is 0.241. The molecule has 0 spiro atoms. The van der Waals surface area contributed by atoms with Crippen LogP contribution >= 0.6 is 11.3 Å². The third-order valence-corrected chi connectivity index (χ3v) is 7.18. The van der Waals surface area contributed by atoms with Gasteiger partial charge in [-0.05, 0) is 54.9 Å². The Bertz CT molecular complexity index is 767. The van der Waals surface area contributed by atoms with Crippen molar-refractivity contribution in [1.82, 2.24) is 0 Å². The van der Waals surface area contributed by atoms with Gasteiger partial charge in [-0.15, -0.1) is 11.3 Å². The maximum Gasteiger partial charge on any atom is 0.0533 e. The Morgan fingerprint density at radius 3 is 2.19 bits per heavy atom. The number of hydrogen-bond acceptors (Lipinski definition) is 2. The molecule has 26 heavy (non-hydrogen) atoms. The summed E-state index contributed by atoms with van der Waals surface area (Å²) in [5.74, 6) is 1.46. The van der Waals surface area contributed by atoms with Crippen LogP contribution in [0, 0.1) is 31.6 Å². The van der Waals surface area contributed by atoms with Gasteiger partial charge >= 0.3 is 0 Å². The van der Waals surface area contributed by atoms with Crippen LogP contribution in [0.3, 0.4) is 0 Å². The quantitative estimate of drug-likeness (QED) is 0.451. The number of thiophene rings is 1. The molecule has 0 amide bonds. The van der Waals surface area contributed by atoms with Crippen LogP contribution in [0.15, 0.2) is 41.9 Å². The molecule has 1 aromatic heterocycles. The normalized spacial score (nSPS) is 15.4. The average molecular weight is 368 g/mol. The molecule has 0 aliphatic heterocycles. The molecule has 0 radical (unpaired) electrons. The van der Waals surface area contributed by atoms with Crippen LogP contribution < -0.4 is 0 Å². The summed E-state index contributed by atoms with van der Waals surface area (Å²) in [6, 6.07) is 10.9. The summed E-state index contributed by atoms with van der Waals surface area (Å²) in [6.07, 6.45) is 2.13. The van der Waals surface area contributed by atoms with E-state index in [1.165, 1.54) is 32.0 Å². The van der Waals surface area contributed by atoms with Gasteiger partial charge in [-0.3, -0.25) is 4.99 Å². The number of nitrogens with zero attached hydrogens (tertiary/aromatic N) is 1. The molecule has 140 valence electrons. The van der Waals surface area contributed by atoms with Gasteiger partial charge in [-0.25, -0.2) is 0 Å². The second kappa shape index (κ2) is 8.81. The molecule has 0 fully saturated rings. The number of aliphatic imine (C=N–C) groups is 1. The fourth-order valence-corrected chi connectivity index (χ4v) is 4.23. The first-order chi connectivity index (χ1) is 12.2. The molecule has 0 saturated carbocycles. The molecule has 2 heteroatoms. The Morgan fingerprint density at radius 2 is 1.62 bits per heavy atom. The molecular formula is C24H33NS. The van der Waals surface area contributed by atoms with Gasteiger partial charge in [-0.1, -0.05) is 64.6 Å². The van der Waals surface area contributed by atoms with Crippen molar-refractivity contribution in [2.45, 2.75) is 54.5 Å². The molecule has 2 rings (SSSR count). The first-order valence-electron chi connectivity index (χ1n) is 9.61. The van der Waals surface area contributed by atoms with Crippen molar-refractivity contribution in [3.8, 4) is 10.4 Å². The minimum atomic E-state index is 0.241. The van der Waals surface area contributed by atoms with Gasteiger partial charge in [0.1, 0.15) is 0 Å². The van der Waals surface area contributed by atoms with Crippen molar-refractivity contribution >= 4 is 23.1 Å². The highest BCUT2D eigenvalue weighted by molar-refractivity contribution is 7.17. The molecule has 0 N–H and O–H groups in total. The molecule has 0 bridgehead atoms. The first-order valence-corrected chi connectivity index (χ1v) is 10.4. The maximum atomic E-state index is 4.83. The van der Waals surface area contributed by atoms with Crippen molar-refractivity contribution in [2.75, 3.05) is 0 Å². The van der Waals surface area contributed by atoms with Gasteiger partial charge in [0, 0.05) is 21.9 Å². The van der Waals surface area contributed by atoms with Gasteiger partial charge in [0.05, 0.1) is 6.04 Å². The van der Waals surface area contributed by atoms with Gasteiger partial charge in [0.25, 0.3) is 0 Å². The Balaban J connectivity index is 2.24. The van der Waals surface area contributed by atoms with Crippen LogP contribution in [-0.2, 0) is 0 Å². The van der Waals surface area contributed by atoms with E-state index in [1.54, 1.807) is 0 Å². The third-order valence-electron chi connectivity index (χ3n) is 5.66. The van der Waals surface area contributed by atoms with Crippen LogP contribution in [0.5, 0.6) is 0 Å². The summed E-state index contributed by atoms with van der Waals surface area (Å²) in [4.78, 5) is 7.51. The highest BCUT2D eigenvalue weighted by Gasteiger charge is 2.21. The standard InChI is InChI=1S/C24H33NS/c1-15(2)16(3)14-25-21(8)17(4)18(5)23-19(6)20(7)24(26-23)22-12-10-9-11-13-22/h9-17,21H,5H2,1-4,6-8H3. The zero-order valence-electron chi connectivity index (χ0n) is 17.3. The van der Waals surface area contributed by atoms with Gasteiger partial charge < -0.3 is 0 Å². The number of hydrogen-bond donors (Lipinski definition) is 0. The van der Waals surface area contributed by atoms with E-state index in [0.29, 0.717) is 17.8 Å². The fourth-order valence-electron chi connectivity index (χ4n) is 2.84. The molecule has 1 heterocycles. The lowest BCUT2D eigenvalue weighted by molar-refractivity contribution is 0.530. The van der Waals surface area contributed by atoms with E-state index in [4.69, 9.17) is 4.99 Å². The van der Waals surface area contributed by atoms with Crippen molar-refractivity contribution in [3.05, 3.63) is 52.9 Å². The lowest BCUT2D eigenvalue weighted by Crippen LogP contribution is -2.15. The molecule has 1 nitrogen and oxygen atoms in total. The average Bonchev–Trinajstić information content (AvgIpc) is 2.94. The number of rotatable bonds is 7. The maximum absolute atomic E-state index is 4.83. The Hall–Kier alpha value is -1.67.